The van der Waals surface area contributed by atoms with E-state index in [4.69, 9.17) is 9.26 Å². The maximum Gasteiger partial charge on any atom is 0.249 e. The SMILES string of the molecule is COc1ccc(CN(C2CC2)S(=O)(=O)c2c(C)noc2C)cc1. The molecule has 1 aromatic heterocycles. The Morgan fingerprint density at radius 2 is 1.91 bits per heavy atom. The van der Waals surface area contributed by atoms with Gasteiger partial charge in [0, 0.05) is 12.6 Å². The molecule has 6 nitrogen and oxygen atoms in total. The normalized spacial score (nSPS) is 15.1. The Bertz CT molecular complexity index is 772. The quantitative estimate of drug-likeness (QED) is 0.811. The van der Waals surface area contributed by atoms with Crippen molar-refractivity contribution in [1.29, 1.82) is 0 Å². The van der Waals surface area contributed by atoms with E-state index in [1.807, 2.05) is 24.3 Å². The summed E-state index contributed by atoms with van der Waals surface area (Å²) in [4.78, 5) is 0.193. The van der Waals surface area contributed by atoms with E-state index in [0.717, 1.165) is 24.2 Å². The van der Waals surface area contributed by atoms with Gasteiger partial charge in [-0.15, -0.1) is 0 Å². The molecule has 0 aliphatic heterocycles. The maximum atomic E-state index is 13.0. The van der Waals surface area contributed by atoms with Crippen LogP contribution in [0.4, 0.5) is 0 Å². The minimum atomic E-state index is -3.62. The molecule has 1 aliphatic rings. The standard InChI is InChI=1S/C16H20N2O4S/c1-11-16(12(2)22-17-11)23(19,20)18(14-6-7-14)10-13-4-8-15(21-3)9-5-13/h4-5,8-9,14H,6-7,10H2,1-3H3. The maximum absolute atomic E-state index is 13.0. The number of aryl methyl sites for hydroxylation is 2. The number of nitrogens with zero attached hydrogens (tertiary/aromatic N) is 2. The number of ether oxygens (including phenoxy) is 1. The Kier molecular flexibility index (Phi) is 4.16. The van der Waals surface area contributed by atoms with Crippen LogP contribution in [0.1, 0.15) is 29.9 Å². The number of rotatable bonds is 6. The van der Waals surface area contributed by atoms with E-state index in [-0.39, 0.29) is 10.9 Å². The summed E-state index contributed by atoms with van der Waals surface area (Å²) in [6, 6.07) is 7.50. The van der Waals surface area contributed by atoms with Gasteiger partial charge in [-0.1, -0.05) is 17.3 Å². The highest BCUT2D eigenvalue weighted by molar-refractivity contribution is 7.89. The van der Waals surface area contributed by atoms with Gasteiger partial charge >= 0.3 is 0 Å². The summed E-state index contributed by atoms with van der Waals surface area (Å²) in [7, 11) is -2.02. The third kappa shape index (κ3) is 3.11. The van der Waals surface area contributed by atoms with Crippen LogP contribution in [-0.2, 0) is 16.6 Å². The van der Waals surface area contributed by atoms with Gasteiger partial charge in [0.1, 0.15) is 16.3 Å². The second kappa shape index (κ2) is 5.98. The Morgan fingerprint density at radius 1 is 1.26 bits per heavy atom. The molecule has 0 N–H and O–H groups in total. The van der Waals surface area contributed by atoms with Crippen molar-refractivity contribution in [3.8, 4) is 5.75 Å². The van der Waals surface area contributed by atoms with Crippen molar-refractivity contribution < 1.29 is 17.7 Å². The van der Waals surface area contributed by atoms with E-state index in [0.29, 0.717) is 18.0 Å². The molecule has 124 valence electrons. The summed E-state index contributed by atoms with van der Waals surface area (Å²) in [5, 5.41) is 3.78. The Balaban J connectivity index is 1.92. The number of hydrogen-bond acceptors (Lipinski definition) is 5. The molecule has 0 unspecified atom stereocenters. The van der Waals surface area contributed by atoms with Gasteiger partial charge in [0.05, 0.1) is 7.11 Å². The second-order valence-electron chi connectivity index (χ2n) is 5.78. The first kappa shape index (κ1) is 16.0. The zero-order valence-electron chi connectivity index (χ0n) is 13.4. The molecule has 1 heterocycles. The first-order valence-electron chi connectivity index (χ1n) is 7.51. The zero-order chi connectivity index (χ0) is 16.6. The van der Waals surface area contributed by atoms with Crippen molar-refractivity contribution in [1.82, 2.24) is 9.46 Å². The van der Waals surface area contributed by atoms with E-state index in [1.165, 1.54) is 0 Å². The smallest absolute Gasteiger partial charge is 0.249 e. The lowest BCUT2D eigenvalue weighted by atomic mass is 10.2. The lowest BCUT2D eigenvalue weighted by molar-refractivity contribution is 0.384. The second-order valence-corrected chi connectivity index (χ2v) is 7.61. The summed E-state index contributed by atoms with van der Waals surface area (Å²) >= 11 is 0. The van der Waals surface area contributed by atoms with E-state index in [9.17, 15) is 8.42 Å². The van der Waals surface area contributed by atoms with E-state index in [1.54, 1.807) is 25.3 Å². The van der Waals surface area contributed by atoms with Crippen LogP contribution in [0.15, 0.2) is 33.7 Å². The summed E-state index contributed by atoms with van der Waals surface area (Å²) < 4.78 is 37.8. The molecule has 1 aromatic carbocycles. The molecule has 1 fully saturated rings. The Hall–Kier alpha value is -1.86. The van der Waals surface area contributed by atoms with E-state index < -0.39 is 10.0 Å². The van der Waals surface area contributed by atoms with Crippen LogP contribution in [0.3, 0.4) is 0 Å². The van der Waals surface area contributed by atoms with Crippen LogP contribution in [0.25, 0.3) is 0 Å². The monoisotopic (exact) mass is 336 g/mol. The molecule has 0 amide bonds. The highest BCUT2D eigenvalue weighted by atomic mass is 32.2. The van der Waals surface area contributed by atoms with E-state index >= 15 is 0 Å². The number of methoxy groups -OCH3 is 1. The van der Waals surface area contributed by atoms with Crippen LogP contribution >= 0.6 is 0 Å². The molecule has 0 spiro atoms. The van der Waals surface area contributed by atoms with Gasteiger partial charge in [0.2, 0.25) is 10.0 Å². The minimum Gasteiger partial charge on any atom is -0.497 e. The highest BCUT2D eigenvalue weighted by Crippen LogP contribution is 2.35. The van der Waals surface area contributed by atoms with Gasteiger partial charge in [-0.25, -0.2) is 8.42 Å². The average Bonchev–Trinajstić information content (AvgIpc) is 3.30. The molecule has 2 aromatic rings. The summed E-state index contributed by atoms with van der Waals surface area (Å²) in [6.45, 7) is 3.62. The molecule has 0 radical (unpaired) electrons. The zero-order valence-corrected chi connectivity index (χ0v) is 14.3. The van der Waals surface area contributed by atoms with Crippen molar-refractivity contribution >= 4 is 10.0 Å². The van der Waals surface area contributed by atoms with Crippen molar-refractivity contribution in [3.05, 3.63) is 41.3 Å². The Morgan fingerprint density at radius 3 is 2.39 bits per heavy atom. The molecule has 0 bridgehead atoms. The van der Waals surface area contributed by atoms with Crippen molar-refractivity contribution in [2.45, 2.75) is 44.2 Å². The van der Waals surface area contributed by atoms with Gasteiger partial charge in [-0.3, -0.25) is 0 Å². The predicted octanol–water partition coefficient (Wildman–Crippen LogP) is 2.65. The van der Waals surface area contributed by atoms with Gasteiger partial charge in [-0.05, 0) is 44.4 Å². The largest absolute Gasteiger partial charge is 0.497 e. The predicted molar refractivity (Wildman–Crippen MR) is 84.7 cm³/mol. The minimum absolute atomic E-state index is 0.0517. The highest BCUT2D eigenvalue weighted by Gasteiger charge is 2.40. The topological polar surface area (TPSA) is 72.6 Å². The van der Waals surface area contributed by atoms with Crippen LogP contribution in [0, 0.1) is 13.8 Å². The van der Waals surface area contributed by atoms with Crippen LogP contribution in [0.2, 0.25) is 0 Å². The molecule has 0 atom stereocenters. The molecule has 23 heavy (non-hydrogen) atoms. The number of sulfonamides is 1. The fourth-order valence-corrected chi connectivity index (χ4v) is 4.61. The first-order chi connectivity index (χ1) is 10.9. The number of aromatic nitrogens is 1. The molecule has 1 saturated carbocycles. The molecule has 7 heteroatoms. The van der Waals surface area contributed by atoms with Crippen molar-refractivity contribution in [2.75, 3.05) is 7.11 Å². The third-order valence-corrected chi connectivity index (χ3v) is 6.13. The molecule has 1 aliphatic carbocycles. The van der Waals surface area contributed by atoms with Crippen LogP contribution in [-0.4, -0.2) is 31.0 Å². The van der Waals surface area contributed by atoms with Gasteiger partial charge in [0.25, 0.3) is 0 Å². The van der Waals surface area contributed by atoms with Crippen molar-refractivity contribution in [3.63, 3.8) is 0 Å². The molecule has 3 rings (SSSR count). The lowest BCUT2D eigenvalue weighted by Gasteiger charge is -2.22. The van der Waals surface area contributed by atoms with Crippen LogP contribution in [0.5, 0.6) is 5.75 Å². The summed E-state index contributed by atoms with van der Waals surface area (Å²) in [5.74, 6) is 1.09. The van der Waals surface area contributed by atoms with Crippen molar-refractivity contribution in [2.24, 2.45) is 0 Å². The average molecular weight is 336 g/mol. The summed E-state index contributed by atoms with van der Waals surface area (Å²) in [5.41, 5.74) is 1.33. The Labute approximate surface area is 136 Å². The van der Waals surface area contributed by atoms with Crippen LogP contribution < -0.4 is 4.74 Å². The fourth-order valence-electron chi connectivity index (χ4n) is 2.64. The third-order valence-electron chi connectivity index (χ3n) is 3.99. The van der Waals surface area contributed by atoms with Gasteiger partial charge < -0.3 is 9.26 Å². The number of hydrogen-bond donors (Lipinski definition) is 0. The van der Waals surface area contributed by atoms with Gasteiger partial charge in [0.15, 0.2) is 5.76 Å². The molecular formula is C16H20N2O4S. The van der Waals surface area contributed by atoms with E-state index in [2.05, 4.69) is 5.16 Å². The number of benzene rings is 1. The lowest BCUT2D eigenvalue weighted by Crippen LogP contribution is -2.33. The fraction of sp³-hybridized carbons (Fsp3) is 0.438. The molecule has 0 saturated heterocycles. The van der Waals surface area contributed by atoms with Gasteiger partial charge in [-0.2, -0.15) is 4.31 Å². The summed E-state index contributed by atoms with van der Waals surface area (Å²) in [6.07, 6.45) is 1.78. The molecular weight excluding hydrogens is 316 g/mol. The first-order valence-corrected chi connectivity index (χ1v) is 8.95.